The van der Waals surface area contributed by atoms with Crippen molar-refractivity contribution in [1.82, 2.24) is 26.1 Å². The van der Waals surface area contributed by atoms with Crippen LogP contribution in [0.5, 0.6) is 0 Å². The Hall–Kier alpha value is -4.96. The van der Waals surface area contributed by atoms with Crippen LogP contribution in [0.25, 0.3) is 0 Å². The summed E-state index contributed by atoms with van der Waals surface area (Å²) in [7, 11) is 2.83. The molecule has 0 aliphatic carbocycles. The molecule has 2 aliphatic heterocycles. The van der Waals surface area contributed by atoms with Crippen LogP contribution in [0.3, 0.4) is 0 Å². The molecule has 318 valence electrons. The lowest BCUT2D eigenvalue weighted by molar-refractivity contribution is -0.162. The Bertz CT molecular complexity index is 1690. The highest BCUT2D eigenvalue weighted by molar-refractivity contribution is 5.93. The second-order valence-corrected chi connectivity index (χ2v) is 15.2. The van der Waals surface area contributed by atoms with Crippen molar-refractivity contribution in [1.29, 1.82) is 0 Å². The second kappa shape index (κ2) is 23.4. The Morgan fingerprint density at radius 1 is 1.05 bits per heavy atom. The maximum atomic E-state index is 14.3. The van der Waals surface area contributed by atoms with Gasteiger partial charge in [0, 0.05) is 44.8 Å². The molecule has 1 saturated heterocycles. The Morgan fingerprint density at radius 2 is 1.76 bits per heavy atom. The van der Waals surface area contributed by atoms with Crippen LogP contribution >= 0.6 is 0 Å². The zero-order valence-corrected chi connectivity index (χ0v) is 34.6. The average molecular weight is 808 g/mol. The van der Waals surface area contributed by atoms with Crippen molar-refractivity contribution in [2.45, 2.75) is 110 Å². The summed E-state index contributed by atoms with van der Waals surface area (Å²) in [6.07, 6.45) is 8.58. The van der Waals surface area contributed by atoms with E-state index in [-0.39, 0.29) is 38.0 Å². The minimum absolute atomic E-state index is 0.0114. The number of nitrogens with one attached hydrogen (secondary N) is 3. The summed E-state index contributed by atoms with van der Waals surface area (Å²) in [6, 6.07) is 5.97. The van der Waals surface area contributed by atoms with Gasteiger partial charge in [-0.15, -0.1) is 0 Å². The molecule has 8 atom stereocenters. The first-order valence-electron chi connectivity index (χ1n) is 19.8. The molecule has 15 heteroatoms. The molecule has 58 heavy (non-hydrogen) atoms. The molecule has 0 aromatic heterocycles. The van der Waals surface area contributed by atoms with E-state index in [9.17, 15) is 39.0 Å². The van der Waals surface area contributed by atoms with Crippen LogP contribution in [0.4, 0.5) is 0 Å². The quantitative estimate of drug-likeness (QED) is 0.101. The SMILES string of the molecule is CON(C)C(=O)/C=C/C=C(\C)[C@@H]1C/C=C/C=C/[C@H](O)C(C)C(O)C(CCC(C)=O)C(=O)NC(C(C)C)C(=O)NC(Cc2ccccc2)C(=O)N2CCCC(N2)C(=O)O1. The highest BCUT2D eigenvalue weighted by atomic mass is 16.7. The van der Waals surface area contributed by atoms with Crippen molar-refractivity contribution in [3.8, 4) is 0 Å². The van der Waals surface area contributed by atoms with E-state index in [1.54, 1.807) is 52.0 Å². The van der Waals surface area contributed by atoms with Crippen molar-refractivity contribution in [3.63, 3.8) is 0 Å². The first-order valence-corrected chi connectivity index (χ1v) is 19.8. The van der Waals surface area contributed by atoms with Crippen LogP contribution in [-0.4, -0.2) is 113 Å². The number of carbonyl (C=O) groups excluding carboxylic acids is 6. The predicted octanol–water partition coefficient (Wildman–Crippen LogP) is 2.64. The van der Waals surface area contributed by atoms with Gasteiger partial charge in [-0.3, -0.25) is 33.8 Å². The standard InChI is InChI=1S/C43H61N5O10/c1-27(2)38-41(54)44-34(26-31-17-10-8-11-18-31)42(55)48-25-15-19-33(46-48)43(56)58-36(28(3)16-14-22-37(51)47(6)57-7)21-13-9-12-20-35(50)30(5)39(52)32(40(53)45-38)24-23-29(4)49/h8-14,16-18,20,22,27,30,32-36,38-39,46,50,52H,15,19,21,23-26H2,1-7H3,(H,44,54)(H,45,53)/b13-9+,20-12+,22-14+,28-16+/t30?,32?,33?,34?,35-,36-,38?,39?/m0/s1. The molecule has 6 unspecified atom stereocenters. The lowest BCUT2D eigenvalue weighted by Crippen LogP contribution is -2.62. The molecule has 1 aromatic rings. The highest BCUT2D eigenvalue weighted by Gasteiger charge is 2.38. The van der Waals surface area contributed by atoms with E-state index in [0.717, 1.165) is 10.6 Å². The van der Waals surface area contributed by atoms with Crippen LogP contribution in [0.15, 0.2) is 78.4 Å². The maximum absolute atomic E-state index is 14.3. The van der Waals surface area contributed by atoms with Crippen LogP contribution in [-0.2, 0) is 44.8 Å². The number of allylic oxidation sites excluding steroid dienone is 4. The number of amides is 4. The van der Waals surface area contributed by atoms with Gasteiger partial charge in [0.25, 0.3) is 11.8 Å². The molecule has 2 aliphatic rings. The van der Waals surface area contributed by atoms with Gasteiger partial charge in [-0.25, -0.2) is 10.5 Å². The number of cyclic esters (lactones) is 1. The molecular weight excluding hydrogens is 746 g/mol. The van der Waals surface area contributed by atoms with Crippen molar-refractivity contribution in [3.05, 3.63) is 84.0 Å². The summed E-state index contributed by atoms with van der Waals surface area (Å²) >= 11 is 0. The number of aliphatic hydroxyl groups excluding tert-OH is 2. The molecule has 0 saturated carbocycles. The zero-order chi connectivity index (χ0) is 42.9. The average Bonchev–Trinajstić information content (AvgIpc) is 3.20. The smallest absolute Gasteiger partial charge is 0.325 e. The molecular formula is C43H61N5O10. The number of Topliss-reactive ketones (excluding diaryl/α,β-unsaturated/α-hetero) is 1. The molecule has 1 fully saturated rings. The predicted molar refractivity (Wildman–Crippen MR) is 217 cm³/mol. The van der Waals surface area contributed by atoms with Gasteiger partial charge in [-0.05, 0) is 50.2 Å². The van der Waals surface area contributed by atoms with Crippen LogP contribution in [0, 0.1) is 17.8 Å². The van der Waals surface area contributed by atoms with Gasteiger partial charge in [0.15, 0.2) is 0 Å². The summed E-state index contributed by atoms with van der Waals surface area (Å²) in [5.41, 5.74) is 4.39. The van der Waals surface area contributed by atoms with E-state index < -0.39 is 83.8 Å². The number of hydrogen-bond donors (Lipinski definition) is 5. The van der Waals surface area contributed by atoms with E-state index in [1.165, 1.54) is 44.3 Å². The Labute approximate surface area is 341 Å². The number of hydroxylamine groups is 2. The number of aliphatic hydroxyl groups is 2. The summed E-state index contributed by atoms with van der Waals surface area (Å²) in [4.78, 5) is 85.1. The lowest BCUT2D eigenvalue weighted by Gasteiger charge is -2.36. The zero-order valence-electron chi connectivity index (χ0n) is 34.6. The van der Waals surface area contributed by atoms with Gasteiger partial charge in [-0.1, -0.05) is 87.6 Å². The van der Waals surface area contributed by atoms with E-state index >= 15 is 0 Å². The molecule has 2 heterocycles. The molecule has 0 spiro atoms. The van der Waals surface area contributed by atoms with Crippen LogP contribution < -0.4 is 16.1 Å². The van der Waals surface area contributed by atoms with E-state index in [4.69, 9.17) is 9.57 Å². The van der Waals surface area contributed by atoms with Crippen molar-refractivity contribution >= 4 is 35.4 Å². The topological polar surface area (TPSA) is 204 Å². The number of esters is 1. The molecule has 2 bridgehead atoms. The summed E-state index contributed by atoms with van der Waals surface area (Å²) in [5.74, 6) is -5.47. The van der Waals surface area contributed by atoms with Crippen molar-refractivity contribution in [2.75, 3.05) is 20.7 Å². The van der Waals surface area contributed by atoms with Crippen molar-refractivity contribution < 1.29 is 48.6 Å². The first-order chi connectivity index (χ1) is 27.5. The van der Waals surface area contributed by atoms with Gasteiger partial charge in [0.2, 0.25) is 11.8 Å². The number of rotatable bonds is 10. The minimum Gasteiger partial charge on any atom is -0.456 e. The van der Waals surface area contributed by atoms with Crippen LogP contribution in [0.1, 0.15) is 72.3 Å². The van der Waals surface area contributed by atoms with Gasteiger partial charge in [0.1, 0.15) is 30.0 Å². The van der Waals surface area contributed by atoms with Gasteiger partial charge in [-0.2, -0.15) is 0 Å². The molecule has 4 amide bonds. The molecule has 0 radical (unpaired) electrons. The molecule has 3 rings (SSSR count). The van der Waals surface area contributed by atoms with Crippen LogP contribution in [0.2, 0.25) is 0 Å². The van der Waals surface area contributed by atoms with Gasteiger partial charge >= 0.3 is 5.97 Å². The normalized spacial score (nSPS) is 28.4. The van der Waals surface area contributed by atoms with E-state index in [1.807, 2.05) is 30.3 Å². The monoisotopic (exact) mass is 807 g/mol. The fraction of sp³-hybridized carbons (Fsp3) is 0.535. The number of fused-ring (bicyclic) bond motifs is 2. The van der Waals surface area contributed by atoms with E-state index in [2.05, 4.69) is 16.1 Å². The van der Waals surface area contributed by atoms with Gasteiger partial charge < -0.3 is 30.4 Å². The lowest BCUT2D eigenvalue weighted by atomic mass is 9.84. The Balaban J connectivity index is 2.06. The third kappa shape index (κ3) is 14.5. The molecule has 5 N–H and O–H groups in total. The number of hydrogen-bond acceptors (Lipinski definition) is 11. The summed E-state index contributed by atoms with van der Waals surface area (Å²) < 4.78 is 6.01. The minimum atomic E-state index is -1.40. The largest absolute Gasteiger partial charge is 0.456 e. The summed E-state index contributed by atoms with van der Waals surface area (Å²) in [6.45, 7) is 8.42. The number of hydrazine groups is 1. The summed E-state index contributed by atoms with van der Waals surface area (Å²) in [5, 5.41) is 30.5. The number of nitrogens with zero attached hydrogens (tertiary/aromatic N) is 2. The van der Waals surface area contributed by atoms with Crippen molar-refractivity contribution in [2.24, 2.45) is 17.8 Å². The number of likely N-dealkylation sites (N-methyl/N-ethyl adjacent to an activating group) is 1. The number of benzene rings is 1. The first kappa shape index (κ1) is 47.4. The maximum Gasteiger partial charge on any atom is 0.325 e. The second-order valence-electron chi connectivity index (χ2n) is 15.2. The number of ether oxygens (including phenoxy) is 1. The molecule has 1 aromatic carbocycles. The molecule has 15 nitrogen and oxygen atoms in total. The number of ketones is 1. The Morgan fingerprint density at radius 3 is 2.41 bits per heavy atom. The fourth-order valence-electron chi connectivity index (χ4n) is 6.56. The Kier molecular flexibility index (Phi) is 19.2. The third-order valence-electron chi connectivity index (χ3n) is 10.4. The van der Waals surface area contributed by atoms with Gasteiger partial charge in [0.05, 0.1) is 25.2 Å². The number of carbonyl (C=O) groups is 6. The van der Waals surface area contributed by atoms with E-state index in [0.29, 0.717) is 18.4 Å². The fourth-order valence-corrected chi connectivity index (χ4v) is 6.56. The highest BCUT2D eigenvalue weighted by Crippen LogP contribution is 2.24. The third-order valence-corrected chi connectivity index (χ3v) is 10.4.